The van der Waals surface area contributed by atoms with Crippen LogP contribution in [0.4, 0.5) is 5.69 Å². The number of allylic oxidation sites excluding steroid dienone is 2. The maximum absolute atomic E-state index is 13.5. The lowest BCUT2D eigenvalue weighted by Crippen LogP contribution is -2.16. The fourth-order valence-corrected chi connectivity index (χ4v) is 3.66. The van der Waals surface area contributed by atoms with Crippen LogP contribution in [0.25, 0.3) is 22.0 Å². The van der Waals surface area contributed by atoms with Crippen LogP contribution in [0, 0.1) is 0 Å². The van der Waals surface area contributed by atoms with Crippen LogP contribution in [-0.2, 0) is 6.42 Å². The number of hydrogen-bond acceptors (Lipinski definition) is 2. The first-order chi connectivity index (χ1) is 14.8. The fraction of sp³-hybridized carbons (Fsp3) is 0.111. The van der Waals surface area contributed by atoms with Crippen molar-refractivity contribution in [3.05, 3.63) is 108 Å². The highest BCUT2D eigenvalue weighted by molar-refractivity contribution is 6.12. The highest BCUT2D eigenvalue weighted by Crippen LogP contribution is 2.29. The van der Waals surface area contributed by atoms with Gasteiger partial charge in [0.15, 0.2) is 0 Å². The molecule has 0 spiro atoms. The molecule has 30 heavy (non-hydrogen) atoms. The summed E-state index contributed by atoms with van der Waals surface area (Å²) in [7, 11) is 0. The highest BCUT2D eigenvalue weighted by Gasteiger charge is 2.18. The Hall–Kier alpha value is -3.72. The van der Waals surface area contributed by atoms with Gasteiger partial charge in [-0.15, -0.1) is 0 Å². The van der Waals surface area contributed by atoms with Gasteiger partial charge in [-0.05, 0) is 41.7 Å². The molecule has 3 aromatic carbocycles. The summed E-state index contributed by atoms with van der Waals surface area (Å²) in [5, 5.41) is 4.11. The molecule has 3 heteroatoms. The van der Waals surface area contributed by atoms with E-state index in [9.17, 15) is 4.79 Å². The zero-order chi connectivity index (χ0) is 20.8. The van der Waals surface area contributed by atoms with Crippen molar-refractivity contribution in [1.82, 2.24) is 4.98 Å². The summed E-state index contributed by atoms with van der Waals surface area (Å²) in [6.07, 6.45) is 7.69. The minimum absolute atomic E-state index is 0.118. The average molecular weight is 393 g/mol. The number of nitrogens with one attached hydrogen (secondary N) is 1. The van der Waals surface area contributed by atoms with Crippen LogP contribution in [0.15, 0.2) is 97.2 Å². The van der Waals surface area contributed by atoms with Gasteiger partial charge in [0.1, 0.15) is 0 Å². The standard InChI is InChI=1S/C27H24N2O/c1-2-3-5-13-21-14-8-17-23(20-11-6-4-7-12-20)25(21)27(30)29-24-18-9-15-22-16-10-19-28-26(22)24/h3-12,14-19H,2,13H2,1H3,(H,29,30)/b5-3+. The number of nitrogens with zero attached hydrogens (tertiary/aromatic N) is 1. The minimum atomic E-state index is -0.118. The monoisotopic (exact) mass is 392 g/mol. The molecule has 0 bridgehead atoms. The van der Waals surface area contributed by atoms with E-state index in [0.29, 0.717) is 12.0 Å². The molecule has 3 nitrogen and oxygen atoms in total. The number of pyridine rings is 1. The maximum Gasteiger partial charge on any atom is 0.256 e. The molecule has 0 unspecified atom stereocenters. The molecule has 0 aliphatic rings. The lowest BCUT2D eigenvalue weighted by atomic mass is 9.93. The zero-order valence-corrected chi connectivity index (χ0v) is 17.0. The molecule has 0 aliphatic carbocycles. The van der Waals surface area contributed by atoms with Gasteiger partial charge in [-0.1, -0.05) is 85.8 Å². The van der Waals surface area contributed by atoms with Crippen molar-refractivity contribution in [1.29, 1.82) is 0 Å². The van der Waals surface area contributed by atoms with E-state index in [-0.39, 0.29) is 5.91 Å². The first kappa shape index (κ1) is 19.6. The van der Waals surface area contributed by atoms with Crippen LogP contribution >= 0.6 is 0 Å². The van der Waals surface area contributed by atoms with Crippen molar-refractivity contribution in [2.24, 2.45) is 0 Å². The molecule has 0 saturated carbocycles. The Morgan fingerprint density at radius 3 is 2.53 bits per heavy atom. The molecule has 0 fully saturated rings. The number of hydrogen-bond donors (Lipinski definition) is 1. The number of rotatable bonds is 6. The third-order valence-corrected chi connectivity index (χ3v) is 5.08. The third kappa shape index (κ3) is 4.15. The summed E-state index contributed by atoms with van der Waals surface area (Å²) in [4.78, 5) is 18.0. The number of carbonyl (C=O) groups excluding carboxylic acids is 1. The molecule has 0 saturated heterocycles. The number of carbonyl (C=O) groups is 1. The first-order valence-electron chi connectivity index (χ1n) is 10.3. The third-order valence-electron chi connectivity index (χ3n) is 5.08. The lowest BCUT2D eigenvalue weighted by Gasteiger charge is -2.15. The Balaban J connectivity index is 1.79. The van der Waals surface area contributed by atoms with Gasteiger partial charge >= 0.3 is 0 Å². The second kappa shape index (κ2) is 9.19. The van der Waals surface area contributed by atoms with E-state index in [1.165, 1.54) is 0 Å². The fourth-order valence-electron chi connectivity index (χ4n) is 3.66. The van der Waals surface area contributed by atoms with E-state index in [1.807, 2.05) is 78.9 Å². The number of benzene rings is 3. The summed E-state index contributed by atoms with van der Waals surface area (Å²) in [6.45, 7) is 2.11. The maximum atomic E-state index is 13.5. The Bertz CT molecular complexity index is 1190. The summed E-state index contributed by atoms with van der Waals surface area (Å²) in [5.41, 5.74) is 5.18. The minimum Gasteiger partial charge on any atom is -0.320 e. The Kier molecular flexibility index (Phi) is 6.00. The second-order valence-electron chi connectivity index (χ2n) is 7.12. The van der Waals surface area contributed by atoms with E-state index in [0.717, 1.165) is 39.7 Å². The molecule has 1 amide bonds. The smallest absolute Gasteiger partial charge is 0.256 e. The lowest BCUT2D eigenvalue weighted by molar-refractivity contribution is 0.102. The molecule has 1 N–H and O–H groups in total. The predicted octanol–water partition coefficient (Wildman–Crippen LogP) is 6.66. The second-order valence-corrected chi connectivity index (χ2v) is 7.12. The van der Waals surface area contributed by atoms with Gasteiger partial charge in [0.25, 0.3) is 5.91 Å². The van der Waals surface area contributed by atoms with Crippen LogP contribution in [-0.4, -0.2) is 10.9 Å². The number of anilines is 1. The van der Waals surface area contributed by atoms with E-state index in [2.05, 4.69) is 29.4 Å². The highest BCUT2D eigenvalue weighted by atomic mass is 16.1. The van der Waals surface area contributed by atoms with Gasteiger partial charge in [-0.3, -0.25) is 9.78 Å². The summed E-state index contributed by atoms with van der Waals surface area (Å²) < 4.78 is 0. The Morgan fingerprint density at radius 2 is 1.70 bits per heavy atom. The average Bonchev–Trinajstić information content (AvgIpc) is 2.80. The van der Waals surface area contributed by atoms with Crippen LogP contribution in [0.2, 0.25) is 0 Å². The normalized spacial score (nSPS) is 11.1. The largest absolute Gasteiger partial charge is 0.320 e. The summed E-state index contributed by atoms with van der Waals surface area (Å²) in [5.74, 6) is -0.118. The Labute approximate surface area is 177 Å². The predicted molar refractivity (Wildman–Crippen MR) is 125 cm³/mol. The van der Waals surface area contributed by atoms with Gasteiger partial charge < -0.3 is 5.32 Å². The molecule has 0 atom stereocenters. The molecule has 0 aliphatic heterocycles. The van der Waals surface area contributed by atoms with Crippen molar-refractivity contribution in [2.75, 3.05) is 5.32 Å². The molecule has 0 radical (unpaired) electrons. The number of para-hydroxylation sites is 1. The van der Waals surface area contributed by atoms with E-state index in [1.54, 1.807) is 6.20 Å². The molecular formula is C27H24N2O. The van der Waals surface area contributed by atoms with Crippen LogP contribution in [0.5, 0.6) is 0 Å². The molecule has 148 valence electrons. The Morgan fingerprint density at radius 1 is 0.900 bits per heavy atom. The van der Waals surface area contributed by atoms with Gasteiger partial charge in [0.2, 0.25) is 0 Å². The molecule has 4 rings (SSSR count). The number of aromatic nitrogens is 1. The van der Waals surface area contributed by atoms with Crippen molar-refractivity contribution in [3.8, 4) is 11.1 Å². The zero-order valence-electron chi connectivity index (χ0n) is 17.0. The SMILES string of the molecule is CC/C=C/Cc1cccc(-c2ccccc2)c1C(=O)Nc1cccc2cccnc12. The molecule has 1 aromatic heterocycles. The van der Waals surface area contributed by atoms with Gasteiger partial charge in [-0.2, -0.15) is 0 Å². The quantitative estimate of drug-likeness (QED) is 0.373. The summed E-state index contributed by atoms with van der Waals surface area (Å²) >= 11 is 0. The number of fused-ring (bicyclic) bond motifs is 1. The van der Waals surface area contributed by atoms with Crippen molar-refractivity contribution < 1.29 is 4.79 Å². The topological polar surface area (TPSA) is 42.0 Å². The first-order valence-corrected chi connectivity index (χ1v) is 10.3. The van der Waals surface area contributed by atoms with Crippen molar-refractivity contribution in [3.63, 3.8) is 0 Å². The van der Waals surface area contributed by atoms with Gasteiger partial charge in [0, 0.05) is 11.6 Å². The van der Waals surface area contributed by atoms with Crippen molar-refractivity contribution >= 4 is 22.5 Å². The van der Waals surface area contributed by atoms with Gasteiger partial charge in [0.05, 0.1) is 16.8 Å². The van der Waals surface area contributed by atoms with E-state index >= 15 is 0 Å². The van der Waals surface area contributed by atoms with Gasteiger partial charge in [-0.25, -0.2) is 0 Å². The summed E-state index contributed by atoms with van der Waals surface area (Å²) in [6, 6.07) is 25.8. The van der Waals surface area contributed by atoms with Crippen LogP contribution in [0.1, 0.15) is 29.3 Å². The van der Waals surface area contributed by atoms with E-state index in [4.69, 9.17) is 0 Å². The molecular weight excluding hydrogens is 368 g/mol. The van der Waals surface area contributed by atoms with E-state index < -0.39 is 0 Å². The van der Waals surface area contributed by atoms with Crippen LogP contribution < -0.4 is 5.32 Å². The van der Waals surface area contributed by atoms with Crippen molar-refractivity contribution in [2.45, 2.75) is 19.8 Å². The molecule has 1 heterocycles. The number of amides is 1. The molecule has 4 aromatic rings. The van der Waals surface area contributed by atoms with Crippen LogP contribution in [0.3, 0.4) is 0 Å².